The summed E-state index contributed by atoms with van der Waals surface area (Å²) in [4.78, 5) is 10.7. The molecule has 5 nitrogen and oxygen atoms in total. The molecule has 0 aliphatic rings. The van der Waals surface area contributed by atoms with Crippen molar-refractivity contribution < 1.29 is 14.6 Å². The first-order valence-corrected chi connectivity index (χ1v) is 5.11. The van der Waals surface area contributed by atoms with Gasteiger partial charge in [0, 0.05) is 0 Å². The number of hydrogen-bond donors (Lipinski definition) is 3. The molecule has 0 spiro atoms. The van der Waals surface area contributed by atoms with Gasteiger partial charge in [0.2, 0.25) is 0 Å². The van der Waals surface area contributed by atoms with Crippen molar-refractivity contribution in [1.82, 2.24) is 0 Å². The van der Waals surface area contributed by atoms with Gasteiger partial charge in [0.15, 0.2) is 5.75 Å². The Morgan fingerprint density at radius 2 is 1.94 bits per heavy atom. The van der Waals surface area contributed by atoms with Gasteiger partial charge >= 0.3 is 5.97 Å². The van der Waals surface area contributed by atoms with Crippen LogP contribution in [0.3, 0.4) is 0 Å². The lowest BCUT2D eigenvalue weighted by atomic mass is 10.1. The number of benzene rings is 1. The highest BCUT2D eigenvalue weighted by Crippen LogP contribution is 2.30. The summed E-state index contributed by atoms with van der Waals surface area (Å²) in [6.07, 6.45) is 1.91. The van der Waals surface area contributed by atoms with Crippen molar-refractivity contribution in [3.05, 3.63) is 17.7 Å². The van der Waals surface area contributed by atoms with Crippen molar-refractivity contribution in [3.63, 3.8) is 0 Å². The van der Waals surface area contributed by atoms with E-state index in [1.807, 2.05) is 6.92 Å². The fourth-order valence-corrected chi connectivity index (χ4v) is 1.28. The Labute approximate surface area is 94.0 Å². The summed E-state index contributed by atoms with van der Waals surface area (Å²) in [6, 6.07) is 2.69. The first-order valence-electron chi connectivity index (χ1n) is 5.11. The number of unbranched alkanes of at least 4 members (excludes halogenated alkanes) is 1. The normalized spacial score (nSPS) is 10.1. The van der Waals surface area contributed by atoms with Crippen LogP contribution in [0.2, 0.25) is 0 Å². The van der Waals surface area contributed by atoms with Gasteiger partial charge in [-0.05, 0) is 18.6 Å². The average molecular weight is 224 g/mol. The molecule has 0 amide bonds. The molecule has 5 N–H and O–H groups in total. The number of nitrogens with two attached hydrogens (primary N) is 2. The maximum absolute atomic E-state index is 10.7. The minimum Gasteiger partial charge on any atom is -0.489 e. The van der Waals surface area contributed by atoms with E-state index in [9.17, 15) is 4.79 Å². The monoisotopic (exact) mass is 224 g/mol. The summed E-state index contributed by atoms with van der Waals surface area (Å²) < 4.78 is 5.40. The minimum absolute atomic E-state index is 0.0674. The zero-order chi connectivity index (χ0) is 12.1. The van der Waals surface area contributed by atoms with E-state index in [-0.39, 0.29) is 16.9 Å². The van der Waals surface area contributed by atoms with Gasteiger partial charge in [-0.1, -0.05) is 13.3 Å². The Bertz CT molecular complexity index is 368. The Morgan fingerprint density at radius 1 is 1.38 bits per heavy atom. The maximum atomic E-state index is 10.7. The zero-order valence-electron chi connectivity index (χ0n) is 9.19. The maximum Gasteiger partial charge on any atom is 0.335 e. The van der Waals surface area contributed by atoms with Crippen LogP contribution in [-0.2, 0) is 0 Å². The Kier molecular flexibility index (Phi) is 3.99. The molecule has 0 unspecified atom stereocenters. The van der Waals surface area contributed by atoms with Crippen LogP contribution in [-0.4, -0.2) is 17.7 Å². The minimum atomic E-state index is -1.06. The SMILES string of the molecule is CCCCOc1c(N)cc(C(=O)O)cc1N. The lowest BCUT2D eigenvalue weighted by molar-refractivity contribution is 0.0697. The highest BCUT2D eigenvalue weighted by molar-refractivity contribution is 5.91. The van der Waals surface area contributed by atoms with Crippen LogP contribution in [0, 0.1) is 0 Å². The number of carboxylic acids is 1. The van der Waals surface area contributed by atoms with Crippen LogP contribution >= 0.6 is 0 Å². The Morgan fingerprint density at radius 3 is 2.38 bits per heavy atom. The van der Waals surface area contributed by atoms with E-state index in [1.54, 1.807) is 0 Å². The second-order valence-electron chi connectivity index (χ2n) is 3.49. The molecule has 0 radical (unpaired) electrons. The molecule has 0 saturated heterocycles. The highest BCUT2D eigenvalue weighted by atomic mass is 16.5. The molecule has 5 heteroatoms. The van der Waals surface area contributed by atoms with Crippen LogP contribution in [0.5, 0.6) is 5.75 Å². The second kappa shape index (κ2) is 5.25. The summed E-state index contributed by atoms with van der Waals surface area (Å²) in [5, 5.41) is 8.79. The third-order valence-electron chi connectivity index (χ3n) is 2.14. The van der Waals surface area contributed by atoms with Gasteiger partial charge in [-0.15, -0.1) is 0 Å². The number of hydrogen-bond acceptors (Lipinski definition) is 4. The number of rotatable bonds is 5. The van der Waals surface area contributed by atoms with Gasteiger partial charge in [-0.3, -0.25) is 0 Å². The number of aromatic carboxylic acids is 1. The van der Waals surface area contributed by atoms with E-state index in [1.165, 1.54) is 12.1 Å². The van der Waals surface area contributed by atoms with Crippen LogP contribution in [0.1, 0.15) is 30.1 Å². The van der Waals surface area contributed by atoms with Crippen molar-refractivity contribution in [3.8, 4) is 5.75 Å². The highest BCUT2D eigenvalue weighted by Gasteiger charge is 2.11. The number of ether oxygens (including phenoxy) is 1. The molecular formula is C11H16N2O3. The molecule has 0 aliphatic heterocycles. The molecule has 0 aliphatic carbocycles. The summed E-state index contributed by atoms with van der Waals surface area (Å²) >= 11 is 0. The van der Waals surface area contributed by atoms with Gasteiger partial charge in [-0.25, -0.2) is 4.79 Å². The summed E-state index contributed by atoms with van der Waals surface area (Å²) in [6.45, 7) is 2.57. The molecule has 0 saturated carbocycles. The molecule has 0 atom stereocenters. The molecule has 0 fully saturated rings. The van der Waals surface area contributed by atoms with Crippen LogP contribution < -0.4 is 16.2 Å². The second-order valence-corrected chi connectivity index (χ2v) is 3.49. The fourth-order valence-electron chi connectivity index (χ4n) is 1.28. The van der Waals surface area contributed by atoms with E-state index in [2.05, 4.69) is 0 Å². The first kappa shape index (κ1) is 12.2. The average Bonchev–Trinajstić information content (AvgIpc) is 2.21. The predicted octanol–water partition coefficient (Wildman–Crippen LogP) is 1.73. The largest absolute Gasteiger partial charge is 0.489 e. The van der Waals surface area contributed by atoms with Crippen molar-refractivity contribution in [1.29, 1.82) is 0 Å². The van der Waals surface area contributed by atoms with Crippen molar-refractivity contribution in [2.24, 2.45) is 0 Å². The Hall–Kier alpha value is -1.91. The Balaban J connectivity index is 2.89. The van der Waals surface area contributed by atoms with Crippen molar-refractivity contribution in [2.75, 3.05) is 18.1 Å². The number of anilines is 2. The van der Waals surface area contributed by atoms with E-state index in [0.29, 0.717) is 12.4 Å². The molecule has 1 rings (SSSR count). The summed E-state index contributed by atoms with van der Waals surface area (Å²) in [5.74, 6) is -0.683. The summed E-state index contributed by atoms with van der Waals surface area (Å²) in [5.41, 5.74) is 11.9. The first-order chi connectivity index (χ1) is 7.56. The standard InChI is InChI=1S/C11H16N2O3/c1-2-3-4-16-10-8(12)5-7(11(14)15)6-9(10)13/h5-6H,2-4,12-13H2,1H3,(H,14,15). The van der Waals surface area contributed by atoms with E-state index in [4.69, 9.17) is 21.3 Å². The van der Waals surface area contributed by atoms with Gasteiger partial charge in [0.05, 0.1) is 23.5 Å². The van der Waals surface area contributed by atoms with Gasteiger partial charge in [0.1, 0.15) is 0 Å². The van der Waals surface area contributed by atoms with Gasteiger partial charge in [-0.2, -0.15) is 0 Å². The lowest BCUT2D eigenvalue weighted by Gasteiger charge is -2.11. The molecule has 0 heterocycles. The van der Waals surface area contributed by atoms with E-state index >= 15 is 0 Å². The number of carboxylic acid groups (broad SMARTS) is 1. The smallest absolute Gasteiger partial charge is 0.335 e. The topological polar surface area (TPSA) is 98.6 Å². The van der Waals surface area contributed by atoms with Crippen LogP contribution in [0.4, 0.5) is 11.4 Å². The zero-order valence-corrected chi connectivity index (χ0v) is 9.19. The number of nitrogen functional groups attached to an aromatic ring is 2. The predicted molar refractivity (Wildman–Crippen MR) is 62.6 cm³/mol. The van der Waals surface area contributed by atoms with Crippen LogP contribution in [0.15, 0.2) is 12.1 Å². The molecule has 0 bridgehead atoms. The van der Waals surface area contributed by atoms with Crippen LogP contribution in [0.25, 0.3) is 0 Å². The molecule has 1 aromatic rings. The molecule has 16 heavy (non-hydrogen) atoms. The summed E-state index contributed by atoms with van der Waals surface area (Å²) in [7, 11) is 0. The number of carbonyl (C=O) groups is 1. The van der Waals surface area contributed by atoms with Crippen molar-refractivity contribution >= 4 is 17.3 Å². The van der Waals surface area contributed by atoms with E-state index < -0.39 is 5.97 Å². The third-order valence-corrected chi connectivity index (χ3v) is 2.14. The van der Waals surface area contributed by atoms with Gasteiger partial charge in [0.25, 0.3) is 0 Å². The molecule has 88 valence electrons. The van der Waals surface area contributed by atoms with E-state index in [0.717, 1.165) is 12.8 Å². The molecule has 1 aromatic carbocycles. The molecular weight excluding hydrogens is 208 g/mol. The third kappa shape index (κ3) is 2.79. The van der Waals surface area contributed by atoms with Crippen molar-refractivity contribution in [2.45, 2.75) is 19.8 Å². The van der Waals surface area contributed by atoms with Gasteiger partial charge < -0.3 is 21.3 Å². The molecule has 0 aromatic heterocycles. The quantitative estimate of drug-likeness (QED) is 0.522. The lowest BCUT2D eigenvalue weighted by Crippen LogP contribution is -2.06. The fraction of sp³-hybridized carbons (Fsp3) is 0.364.